The van der Waals surface area contributed by atoms with E-state index in [2.05, 4.69) is 0 Å². The fraction of sp³-hybridized carbons (Fsp3) is 0.471. The van der Waals surface area contributed by atoms with Gasteiger partial charge in [-0.2, -0.15) is 5.26 Å². The van der Waals surface area contributed by atoms with Crippen molar-refractivity contribution < 1.29 is 14.0 Å². The van der Waals surface area contributed by atoms with Crippen LogP contribution in [0.15, 0.2) is 24.3 Å². The first-order chi connectivity index (χ1) is 11.0. The Kier molecular flexibility index (Phi) is 5.69. The van der Waals surface area contributed by atoms with Crippen molar-refractivity contribution in [3.63, 3.8) is 0 Å². The zero-order valence-corrected chi connectivity index (χ0v) is 13.2. The van der Waals surface area contributed by atoms with E-state index in [1.165, 1.54) is 24.3 Å². The van der Waals surface area contributed by atoms with Crippen LogP contribution in [0.1, 0.15) is 29.6 Å². The molecule has 5 nitrogen and oxygen atoms in total. The number of nitrogens with zero attached hydrogens (tertiary/aromatic N) is 3. The average Bonchev–Trinajstić information content (AvgIpc) is 2.59. The summed E-state index contributed by atoms with van der Waals surface area (Å²) in [6.07, 6.45) is 1.80. The molecule has 0 spiro atoms. The maximum Gasteiger partial charge on any atom is 0.253 e. The van der Waals surface area contributed by atoms with Gasteiger partial charge in [0, 0.05) is 32.2 Å². The van der Waals surface area contributed by atoms with E-state index in [1.54, 1.807) is 16.8 Å². The molecule has 0 aromatic heterocycles. The lowest BCUT2D eigenvalue weighted by molar-refractivity contribution is -0.135. The van der Waals surface area contributed by atoms with Crippen LogP contribution in [-0.2, 0) is 4.79 Å². The number of hydrogen-bond donors (Lipinski definition) is 0. The topological polar surface area (TPSA) is 64.4 Å². The van der Waals surface area contributed by atoms with Gasteiger partial charge in [-0.25, -0.2) is 4.39 Å². The van der Waals surface area contributed by atoms with Gasteiger partial charge in [0.15, 0.2) is 0 Å². The molecule has 1 heterocycles. The van der Waals surface area contributed by atoms with Gasteiger partial charge in [0.25, 0.3) is 5.91 Å². The van der Waals surface area contributed by atoms with E-state index in [0.29, 0.717) is 31.6 Å². The van der Waals surface area contributed by atoms with Crippen LogP contribution >= 0.6 is 0 Å². The molecule has 1 fully saturated rings. The fourth-order valence-corrected chi connectivity index (χ4v) is 2.78. The van der Waals surface area contributed by atoms with Crippen LogP contribution in [0.25, 0.3) is 0 Å². The Bertz CT molecular complexity index is 609. The van der Waals surface area contributed by atoms with Gasteiger partial charge < -0.3 is 9.80 Å². The molecular formula is C17H20FN3O2. The minimum atomic E-state index is -0.382. The number of nitriles is 1. The molecule has 1 aromatic carbocycles. The van der Waals surface area contributed by atoms with E-state index in [1.807, 2.05) is 6.07 Å². The van der Waals surface area contributed by atoms with Gasteiger partial charge in [0.2, 0.25) is 5.91 Å². The van der Waals surface area contributed by atoms with E-state index in [4.69, 9.17) is 5.26 Å². The van der Waals surface area contributed by atoms with Crippen molar-refractivity contribution in [2.24, 2.45) is 5.92 Å². The second-order valence-corrected chi connectivity index (χ2v) is 5.77. The smallest absolute Gasteiger partial charge is 0.253 e. The Morgan fingerprint density at radius 2 is 2.09 bits per heavy atom. The third-order valence-corrected chi connectivity index (χ3v) is 4.08. The van der Waals surface area contributed by atoms with Crippen LogP contribution in [0.4, 0.5) is 4.39 Å². The van der Waals surface area contributed by atoms with Crippen molar-refractivity contribution in [1.82, 2.24) is 9.80 Å². The van der Waals surface area contributed by atoms with Crippen LogP contribution in [0.2, 0.25) is 0 Å². The summed E-state index contributed by atoms with van der Waals surface area (Å²) in [5.74, 6) is -0.830. The first-order valence-corrected chi connectivity index (χ1v) is 7.69. The molecule has 23 heavy (non-hydrogen) atoms. The molecule has 0 bridgehead atoms. The minimum Gasteiger partial charge on any atom is -0.344 e. The first kappa shape index (κ1) is 16.9. The van der Waals surface area contributed by atoms with Crippen molar-refractivity contribution in [2.45, 2.75) is 19.3 Å². The summed E-state index contributed by atoms with van der Waals surface area (Å²) in [7, 11) is 1.68. The van der Waals surface area contributed by atoms with E-state index in [9.17, 15) is 14.0 Å². The Balaban J connectivity index is 2.00. The number of rotatable bonds is 4. The number of carbonyl (C=O) groups excluding carboxylic acids is 2. The number of amides is 2. The summed E-state index contributed by atoms with van der Waals surface area (Å²) in [6.45, 7) is 1.37. The molecule has 1 atom stereocenters. The Hall–Kier alpha value is -2.42. The standard InChI is InChI=1S/C17H20FN3O2/c1-20(10-3-9-19)16(22)14-4-2-11-21(12-14)17(23)13-5-7-15(18)8-6-13/h5-8,14H,2-4,10-12H2,1H3. The molecule has 1 aliphatic rings. The Morgan fingerprint density at radius 3 is 2.74 bits per heavy atom. The molecule has 0 saturated carbocycles. The third-order valence-electron chi connectivity index (χ3n) is 4.08. The van der Waals surface area contributed by atoms with Crippen LogP contribution in [0.5, 0.6) is 0 Å². The van der Waals surface area contributed by atoms with E-state index in [-0.39, 0.29) is 23.5 Å². The Labute approximate surface area is 135 Å². The van der Waals surface area contributed by atoms with E-state index in [0.717, 1.165) is 12.8 Å². The van der Waals surface area contributed by atoms with Gasteiger partial charge in [-0.3, -0.25) is 9.59 Å². The highest BCUT2D eigenvalue weighted by Gasteiger charge is 2.30. The maximum absolute atomic E-state index is 13.0. The predicted octanol–water partition coefficient (Wildman–Crippen LogP) is 2.05. The molecule has 1 aromatic rings. The van der Waals surface area contributed by atoms with Crippen LogP contribution in [-0.4, -0.2) is 48.3 Å². The fourth-order valence-electron chi connectivity index (χ4n) is 2.78. The van der Waals surface area contributed by atoms with Crippen molar-refractivity contribution in [3.05, 3.63) is 35.6 Å². The minimum absolute atomic E-state index is 0.0307. The summed E-state index contributed by atoms with van der Waals surface area (Å²) in [6, 6.07) is 7.46. The lowest BCUT2D eigenvalue weighted by Crippen LogP contribution is -2.46. The molecule has 6 heteroatoms. The summed E-state index contributed by atoms with van der Waals surface area (Å²) < 4.78 is 13.0. The van der Waals surface area contributed by atoms with E-state index >= 15 is 0 Å². The maximum atomic E-state index is 13.0. The average molecular weight is 317 g/mol. The second kappa shape index (κ2) is 7.73. The Morgan fingerprint density at radius 1 is 1.39 bits per heavy atom. The van der Waals surface area contributed by atoms with Crippen molar-refractivity contribution in [2.75, 3.05) is 26.7 Å². The second-order valence-electron chi connectivity index (χ2n) is 5.77. The predicted molar refractivity (Wildman–Crippen MR) is 82.9 cm³/mol. The monoisotopic (exact) mass is 317 g/mol. The zero-order chi connectivity index (χ0) is 16.8. The van der Waals surface area contributed by atoms with Crippen LogP contribution in [0, 0.1) is 23.1 Å². The summed E-state index contributed by atoms with van der Waals surface area (Å²) in [4.78, 5) is 28.0. The van der Waals surface area contributed by atoms with E-state index < -0.39 is 0 Å². The highest BCUT2D eigenvalue weighted by molar-refractivity contribution is 5.94. The number of piperidine rings is 1. The lowest BCUT2D eigenvalue weighted by atomic mass is 9.96. The van der Waals surface area contributed by atoms with Crippen molar-refractivity contribution >= 4 is 11.8 Å². The molecule has 122 valence electrons. The molecule has 0 aliphatic carbocycles. The third kappa shape index (κ3) is 4.28. The molecule has 1 saturated heterocycles. The number of carbonyl (C=O) groups is 2. The van der Waals surface area contributed by atoms with Crippen molar-refractivity contribution in [3.8, 4) is 6.07 Å². The first-order valence-electron chi connectivity index (χ1n) is 7.69. The number of likely N-dealkylation sites (tertiary alicyclic amines) is 1. The molecule has 1 unspecified atom stereocenters. The van der Waals surface area contributed by atoms with Gasteiger partial charge in [-0.15, -0.1) is 0 Å². The molecule has 2 rings (SSSR count). The number of halogens is 1. The number of benzene rings is 1. The molecule has 1 aliphatic heterocycles. The summed E-state index contributed by atoms with van der Waals surface area (Å²) in [5.41, 5.74) is 0.428. The summed E-state index contributed by atoms with van der Waals surface area (Å²) in [5, 5.41) is 8.60. The van der Waals surface area contributed by atoms with Gasteiger partial charge in [0.1, 0.15) is 5.82 Å². The van der Waals surface area contributed by atoms with Gasteiger partial charge in [-0.05, 0) is 37.1 Å². The molecule has 0 radical (unpaired) electrons. The highest BCUT2D eigenvalue weighted by Crippen LogP contribution is 2.20. The largest absolute Gasteiger partial charge is 0.344 e. The van der Waals surface area contributed by atoms with Gasteiger partial charge in [0.05, 0.1) is 18.4 Å². The normalized spacial score (nSPS) is 17.4. The lowest BCUT2D eigenvalue weighted by Gasteiger charge is -2.34. The summed E-state index contributed by atoms with van der Waals surface area (Å²) >= 11 is 0. The van der Waals surface area contributed by atoms with Gasteiger partial charge in [-0.1, -0.05) is 0 Å². The highest BCUT2D eigenvalue weighted by atomic mass is 19.1. The molecule has 0 N–H and O–H groups in total. The SMILES string of the molecule is CN(CCC#N)C(=O)C1CCCN(C(=O)c2ccc(F)cc2)C1. The van der Waals surface area contributed by atoms with Crippen LogP contribution in [0.3, 0.4) is 0 Å². The van der Waals surface area contributed by atoms with Crippen molar-refractivity contribution in [1.29, 1.82) is 5.26 Å². The quantitative estimate of drug-likeness (QED) is 0.854. The van der Waals surface area contributed by atoms with Gasteiger partial charge >= 0.3 is 0 Å². The molecular weight excluding hydrogens is 297 g/mol. The zero-order valence-electron chi connectivity index (χ0n) is 13.2. The van der Waals surface area contributed by atoms with Crippen LogP contribution < -0.4 is 0 Å². The molecule has 2 amide bonds. The number of hydrogen-bond acceptors (Lipinski definition) is 3.